The molecule has 6 nitrogen and oxygen atoms in total. The summed E-state index contributed by atoms with van der Waals surface area (Å²) >= 11 is 5.98. The molecule has 0 atom stereocenters. The molecule has 0 aliphatic carbocycles. The number of halogens is 2. The highest BCUT2D eigenvalue weighted by atomic mass is 35.5. The number of fused-ring (bicyclic) bond motifs is 1. The Bertz CT molecular complexity index is 857. The highest BCUT2D eigenvalue weighted by molar-refractivity contribution is 6.31. The van der Waals surface area contributed by atoms with Crippen molar-refractivity contribution in [3.8, 4) is 0 Å². The van der Waals surface area contributed by atoms with Crippen LogP contribution >= 0.6 is 11.6 Å². The molecule has 0 amide bonds. The minimum Gasteiger partial charge on any atom is -0.267 e. The first-order valence-corrected chi connectivity index (χ1v) is 6.16. The molecule has 0 saturated heterocycles. The predicted molar refractivity (Wildman–Crippen MR) is 71.2 cm³/mol. The molecule has 1 N–H and O–H groups in total. The van der Waals surface area contributed by atoms with Crippen molar-refractivity contribution in [3.05, 3.63) is 50.7 Å². The molecule has 0 aliphatic rings. The first kappa shape index (κ1) is 12.7. The molecule has 0 unspecified atom stereocenters. The molecular formula is C12H9ClFN5O. The Morgan fingerprint density at radius 3 is 2.95 bits per heavy atom. The van der Waals surface area contributed by atoms with E-state index >= 15 is 0 Å². The van der Waals surface area contributed by atoms with Gasteiger partial charge in [0.25, 0.3) is 5.56 Å². The van der Waals surface area contributed by atoms with Crippen LogP contribution in [0, 0.1) is 12.7 Å². The number of aromatic amines is 1. The van der Waals surface area contributed by atoms with Gasteiger partial charge >= 0.3 is 0 Å². The van der Waals surface area contributed by atoms with Gasteiger partial charge in [-0.05, 0) is 24.6 Å². The molecule has 0 radical (unpaired) electrons. The molecule has 20 heavy (non-hydrogen) atoms. The third-order valence-electron chi connectivity index (χ3n) is 3.05. The van der Waals surface area contributed by atoms with Crippen LogP contribution in [-0.4, -0.2) is 25.2 Å². The van der Waals surface area contributed by atoms with Crippen LogP contribution in [0.25, 0.3) is 11.0 Å². The molecule has 3 rings (SSSR count). The molecular weight excluding hydrogens is 285 g/mol. The second-order valence-corrected chi connectivity index (χ2v) is 4.73. The number of aromatic nitrogens is 5. The molecule has 0 bridgehead atoms. The second kappa shape index (κ2) is 4.68. The van der Waals surface area contributed by atoms with E-state index in [9.17, 15) is 9.18 Å². The number of H-pyrrole nitrogens is 1. The van der Waals surface area contributed by atoms with Crippen LogP contribution in [0.5, 0.6) is 0 Å². The maximum atomic E-state index is 13.0. The van der Waals surface area contributed by atoms with Gasteiger partial charge < -0.3 is 0 Å². The lowest BCUT2D eigenvalue weighted by atomic mass is 10.2. The minimum absolute atomic E-state index is 0.268. The van der Waals surface area contributed by atoms with Crippen LogP contribution in [0.15, 0.2) is 23.0 Å². The lowest BCUT2D eigenvalue weighted by Crippen LogP contribution is -2.10. The van der Waals surface area contributed by atoms with Crippen LogP contribution in [-0.2, 0) is 6.54 Å². The lowest BCUT2D eigenvalue weighted by molar-refractivity contribution is 0.623. The molecule has 2 heterocycles. The first-order chi connectivity index (χ1) is 9.56. The molecule has 0 spiro atoms. The Labute approximate surface area is 117 Å². The number of rotatable bonds is 2. The highest BCUT2D eigenvalue weighted by Crippen LogP contribution is 2.20. The zero-order valence-corrected chi connectivity index (χ0v) is 11.1. The number of hydrogen-bond acceptors (Lipinski definition) is 4. The van der Waals surface area contributed by atoms with E-state index in [2.05, 4.69) is 20.5 Å². The Morgan fingerprint density at radius 1 is 1.45 bits per heavy atom. The summed E-state index contributed by atoms with van der Waals surface area (Å²) in [5.41, 5.74) is 1.28. The maximum absolute atomic E-state index is 13.0. The number of aryl methyl sites for hydroxylation is 1. The fourth-order valence-electron chi connectivity index (χ4n) is 2.00. The molecule has 3 aromatic rings. The highest BCUT2D eigenvalue weighted by Gasteiger charge is 2.13. The van der Waals surface area contributed by atoms with E-state index in [0.29, 0.717) is 28.2 Å². The third kappa shape index (κ3) is 2.05. The van der Waals surface area contributed by atoms with Crippen LogP contribution in [0.4, 0.5) is 4.39 Å². The Morgan fingerprint density at radius 2 is 2.25 bits per heavy atom. The van der Waals surface area contributed by atoms with Gasteiger partial charge in [-0.25, -0.2) is 9.49 Å². The molecule has 1 aromatic carbocycles. The van der Waals surface area contributed by atoms with Crippen LogP contribution in [0.3, 0.4) is 0 Å². The minimum atomic E-state index is -0.400. The maximum Gasteiger partial charge on any atom is 0.278 e. The largest absolute Gasteiger partial charge is 0.278 e. The van der Waals surface area contributed by atoms with Gasteiger partial charge in [0.15, 0.2) is 0 Å². The van der Waals surface area contributed by atoms with Crippen molar-refractivity contribution in [2.75, 3.05) is 0 Å². The van der Waals surface area contributed by atoms with Gasteiger partial charge in [-0.15, -0.1) is 10.2 Å². The van der Waals surface area contributed by atoms with Crippen molar-refractivity contribution >= 4 is 22.6 Å². The van der Waals surface area contributed by atoms with E-state index in [4.69, 9.17) is 11.6 Å². The fourth-order valence-corrected chi connectivity index (χ4v) is 2.23. The Hall–Kier alpha value is -2.28. The van der Waals surface area contributed by atoms with E-state index < -0.39 is 5.82 Å². The summed E-state index contributed by atoms with van der Waals surface area (Å²) in [6, 6.07) is 4.15. The standard InChI is InChI=1S/C12H9ClFN5O/c1-6-10-11(15-18-16-12(10)20)17-19(6)5-7-2-3-8(14)4-9(7)13/h2-4H,5H2,1H3,(H,15,16,17,20). The smallest absolute Gasteiger partial charge is 0.267 e. The van der Waals surface area contributed by atoms with Gasteiger partial charge in [0, 0.05) is 5.02 Å². The number of nitrogens with zero attached hydrogens (tertiary/aromatic N) is 4. The fraction of sp³-hybridized carbons (Fsp3) is 0.167. The van der Waals surface area contributed by atoms with Crippen molar-refractivity contribution in [3.63, 3.8) is 0 Å². The van der Waals surface area contributed by atoms with Gasteiger partial charge in [-0.1, -0.05) is 22.9 Å². The van der Waals surface area contributed by atoms with Crippen molar-refractivity contribution in [1.29, 1.82) is 0 Å². The van der Waals surface area contributed by atoms with Gasteiger partial charge in [0.1, 0.15) is 11.2 Å². The molecule has 0 saturated carbocycles. The topological polar surface area (TPSA) is 76.5 Å². The second-order valence-electron chi connectivity index (χ2n) is 4.32. The number of hydrogen-bond donors (Lipinski definition) is 1. The summed E-state index contributed by atoms with van der Waals surface area (Å²) < 4.78 is 14.6. The zero-order chi connectivity index (χ0) is 14.3. The number of benzene rings is 1. The molecule has 8 heteroatoms. The monoisotopic (exact) mass is 293 g/mol. The van der Waals surface area contributed by atoms with E-state index in [-0.39, 0.29) is 11.2 Å². The summed E-state index contributed by atoms with van der Waals surface area (Å²) in [4.78, 5) is 11.7. The Kier molecular flexibility index (Phi) is 2.98. The zero-order valence-electron chi connectivity index (χ0n) is 10.4. The van der Waals surface area contributed by atoms with Gasteiger partial charge in [0.05, 0.1) is 12.2 Å². The van der Waals surface area contributed by atoms with Crippen molar-refractivity contribution < 1.29 is 4.39 Å². The van der Waals surface area contributed by atoms with Crippen LogP contribution in [0.1, 0.15) is 11.3 Å². The summed E-state index contributed by atoms with van der Waals surface area (Å²) in [7, 11) is 0. The van der Waals surface area contributed by atoms with Gasteiger partial charge in [-0.3, -0.25) is 9.48 Å². The summed E-state index contributed by atoms with van der Waals surface area (Å²) in [6.45, 7) is 2.07. The van der Waals surface area contributed by atoms with Crippen molar-refractivity contribution in [2.24, 2.45) is 0 Å². The van der Waals surface area contributed by atoms with Gasteiger partial charge in [0.2, 0.25) is 5.65 Å². The van der Waals surface area contributed by atoms with E-state index in [1.165, 1.54) is 12.1 Å². The normalized spacial score (nSPS) is 11.2. The van der Waals surface area contributed by atoms with Crippen molar-refractivity contribution in [2.45, 2.75) is 13.5 Å². The summed E-state index contributed by atoms with van der Waals surface area (Å²) in [6.07, 6.45) is 0. The predicted octanol–water partition coefficient (Wildman–Crippen LogP) is 1.66. The van der Waals surface area contributed by atoms with Crippen LogP contribution < -0.4 is 5.56 Å². The average molecular weight is 294 g/mol. The molecule has 2 aromatic heterocycles. The Balaban J connectivity index is 2.09. The molecule has 0 aliphatic heterocycles. The van der Waals surface area contributed by atoms with Crippen LogP contribution in [0.2, 0.25) is 5.02 Å². The van der Waals surface area contributed by atoms with Gasteiger partial charge in [-0.2, -0.15) is 0 Å². The first-order valence-electron chi connectivity index (χ1n) is 5.78. The number of nitrogens with one attached hydrogen (secondary N) is 1. The molecule has 0 fully saturated rings. The van der Waals surface area contributed by atoms with E-state index in [0.717, 1.165) is 0 Å². The summed E-state index contributed by atoms with van der Waals surface area (Å²) in [5.74, 6) is -0.400. The van der Waals surface area contributed by atoms with Crippen molar-refractivity contribution in [1.82, 2.24) is 25.2 Å². The van der Waals surface area contributed by atoms with E-state index in [1.54, 1.807) is 17.7 Å². The third-order valence-corrected chi connectivity index (χ3v) is 3.40. The average Bonchev–Trinajstić information content (AvgIpc) is 2.71. The van der Waals surface area contributed by atoms with E-state index in [1.807, 2.05) is 0 Å². The lowest BCUT2D eigenvalue weighted by Gasteiger charge is -2.06. The SMILES string of the molecule is Cc1c2c(=O)[nH]nnc2nn1Cc1ccc(F)cc1Cl. The summed E-state index contributed by atoms with van der Waals surface area (Å²) in [5, 5.41) is 14.4. The quantitative estimate of drug-likeness (QED) is 0.779. The molecule has 102 valence electrons.